The highest BCUT2D eigenvalue weighted by Crippen LogP contribution is 2.24. The van der Waals surface area contributed by atoms with E-state index >= 15 is 0 Å². The molecule has 9 heteroatoms. The lowest BCUT2D eigenvalue weighted by Gasteiger charge is -2.00. The summed E-state index contributed by atoms with van der Waals surface area (Å²) in [6.07, 6.45) is 1.39. The number of nitrogens with two attached hydrogens (primary N) is 1. The van der Waals surface area contributed by atoms with E-state index in [1.54, 1.807) is 36.4 Å². The molecule has 0 aliphatic carbocycles. The molecule has 0 saturated heterocycles. The number of fused-ring (bicyclic) bond motifs is 1. The number of carbonyl (C=O) groups excluding carboxylic acids is 1. The van der Waals surface area contributed by atoms with E-state index in [2.05, 4.69) is 15.5 Å². The minimum Gasteiger partial charge on any atom is -0.455 e. The standard InChI is InChI=1S/C19H14N4O4S/c20-28(25,26)14-8-5-12(6-9-14)17-10-7-13(27-17)11-21-23-18-15-3-1-2-4-16(15)22-19(18)24/h1-11H,(H2,20,25,26)(H,22,23,24)/b21-11+. The molecule has 1 aliphatic heterocycles. The lowest BCUT2D eigenvalue weighted by atomic mass is 10.1. The van der Waals surface area contributed by atoms with E-state index in [1.165, 1.54) is 18.3 Å². The van der Waals surface area contributed by atoms with Crippen LogP contribution >= 0.6 is 0 Å². The second-order valence-corrected chi connectivity index (χ2v) is 7.53. The summed E-state index contributed by atoms with van der Waals surface area (Å²) in [5.41, 5.74) is 2.31. The second-order valence-electron chi connectivity index (χ2n) is 5.96. The maximum atomic E-state index is 12.0. The largest absolute Gasteiger partial charge is 0.455 e. The van der Waals surface area contributed by atoms with E-state index in [-0.39, 0.29) is 16.5 Å². The molecule has 140 valence electrons. The first kappa shape index (κ1) is 17.8. The van der Waals surface area contributed by atoms with E-state index in [9.17, 15) is 13.2 Å². The molecule has 2 aromatic carbocycles. The van der Waals surface area contributed by atoms with Crippen LogP contribution in [0.5, 0.6) is 0 Å². The van der Waals surface area contributed by atoms with Gasteiger partial charge in [0.15, 0.2) is 5.71 Å². The zero-order valence-electron chi connectivity index (χ0n) is 14.4. The number of nitrogens with zero attached hydrogens (tertiary/aromatic N) is 2. The minimum absolute atomic E-state index is 0.0236. The number of carbonyl (C=O) groups is 1. The number of amides is 1. The number of benzene rings is 2. The summed E-state index contributed by atoms with van der Waals surface area (Å²) in [5, 5.41) is 15.7. The van der Waals surface area contributed by atoms with Crippen molar-refractivity contribution in [3.8, 4) is 11.3 Å². The van der Waals surface area contributed by atoms with E-state index in [0.717, 1.165) is 0 Å². The van der Waals surface area contributed by atoms with Crippen molar-refractivity contribution in [1.29, 1.82) is 0 Å². The molecule has 8 nitrogen and oxygen atoms in total. The quantitative estimate of drug-likeness (QED) is 0.520. The van der Waals surface area contributed by atoms with Crippen molar-refractivity contribution in [2.75, 3.05) is 5.32 Å². The predicted octanol–water partition coefficient (Wildman–Crippen LogP) is 2.37. The van der Waals surface area contributed by atoms with Crippen LogP contribution in [0.1, 0.15) is 11.3 Å². The third-order valence-electron chi connectivity index (χ3n) is 4.08. The third-order valence-corrected chi connectivity index (χ3v) is 5.01. The summed E-state index contributed by atoms with van der Waals surface area (Å²) < 4.78 is 28.3. The van der Waals surface area contributed by atoms with Crippen LogP contribution in [0, 0.1) is 0 Å². The predicted molar refractivity (Wildman–Crippen MR) is 105 cm³/mol. The van der Waals surface area contributed by atoms with Crippen LogP contribution in [0.2, 0.25) is 0 Å². The number of anilines is 1. The highest BCUT2D eigenvalue weighted by molar-refractivity contribution is 7.89. The summed E-state index contributed by atoms with van der Waals surface area (Å²) in [7, 11) is -3.74. The number of para-hydroxylation sites is 1. The summed E-state index contributed by atoms with van der Waals surface area (Å²) in [6, 6.07) is 16.6. The number of hydrogen-bond acceptors (Lipinski definition) is 6. The molecule has 0 radical (unpaired) electrons. The number of primary sulfonamides is 1. The maximum absolute atomic E-state index is 12.0. The lowest BCUT2D eigenvalue weighted by molar-refractivity contribution is -0.110. The van der Waals surface area contributed by atoms with Gasteiger partial charge in [0.2, 0.25) is 10.0 Å². The van der Waals surface area contributed by atoms with Crippen molar-refractivity contribution in [3.63, 3.8) is 0 Å². The average Bonchev–Trinajstić information content (AvgIpc) is 3.26. The molecular weight excluding hydrogens is 380 g/mol. The van der Waals surface area contributed by atoms with Gasteiger partial charge in [-0.2, -0.15) is 5.10 Å². The van der Waals surface area contributed by atoms with Crippen molar-refractivity contribution in [2.24, 2.45) is 15.3 Å². The molecule has 0 atom stereocenters. The van der Waals surface area contributed by atoms with E-state index < -0.39 is 10.0 Å². The molecule has 1 amide bonds. The van der Waals surface area contributed by atoms with Crippen molar-refractivity contribution >= 4 is 33.5 Å². The fourth-order valence-corrected chi connectivity index (χ4v) is 3.25. The van der Waals surface area contributed by atoms with Crippen molar-refractivity contribution < 1.29 is 17.6 Å². The number of rotatable bonds is 4. The Bertz CT molecular complexity index is 1220. The molecule has 0 spiro atoms. The van der Waals surface area contributed by atoms with Gasteiger partial charge in [-0.05, 0) is 42.5 Å². The monoisotopic (exact) mass is 394 g/mol. The molecule has 1 aliphatic rings. The van der Waals surface area contributed by atoms with Gasteiger partial charge < -0.3 is 9.73 Å². The van der Waals surface area contributed by atoms with Crippen LogP contribution in [0.15, 0.2) is 80.2 Å². The van der Waals surface area contributed by atoms with Crippen LogP contribution in [-0.4, -0.2) is 26.3 Å². The normalized spacial score (nSPS) is 15.2. The van der Waals surface area contributed by atoms with Gasteiger partial charge >= 0.3 is 0 Å². The van der Waals surface area contributed by atoms with Gasteiger partial charge in [-0.25, -0.2) is 13.6 Å². The Morgan fingerprint density at radius 3 is 2.50 bits per heavy atom. The fourth-order valence-electron chi connectivity index (χ4n) is 2.73. The maximum Gasteiger partial charge on any atom is 0.276 e. The molecule has 4 rings (SSSR count). The van der Waals surface area contributed by atoms with Crippen molar-refractivity contribution in [3.05, 3.63) is 72.0 Å². The first-order valence-electron chi connectivity index (χ1n) is 8.17. The topological polar surface area (TPSA) is 127 Å². The van der Waals surface area contributed by atoms with Crippen LogP contribution in [0.25, 0.3) is 11.3 Å². The highest BCUT2D eigenvalue weighted by atomic mass is 32.2. The summed E-state index contributed by atoms with van der Waals surface area (Å²) >= 11 is 0. The van der Waals surface area contributed by atoms with Crippen LogP contribution < -0.4 is 10.5 Å². The summed E-state index contributed by atoms with van der Waals surface area (Å²) in [6.45, 7) is 0. The molecule has 3 N–H and O–H groups in total. The fraction of sp³-hybridized carbons (Fsp3) is 0. The van der Waals surface area contributed by atoms with Gasteiger partial charge in [0.1, 0.15) is 11.5 Å². The first-order valence-corrected chi connectivity index (χ1v) is 9.71. The van der Waals surface area contributed by atoms with Crippen LogP contribution in [0.3, 0.4) is 0 Å². The Labute approximate surface area is 160 Å². The zero-order chi connectivity index (χ0) is 19.7. The number of sulfonamides is 1. The summed E-state index contributed by atoms with van der Waals surface area (Å²) in [4.78, 5) is 12.0. The number of nitrogens with one attached hydrogen (secondary N) is 1. The van der Waals surface area contributed by atoms with E-state index in [1.807, 2.05) is 12.1 Å². The van der Waals surface area contributed by atoms with Crippen LogP contribution in [0.4, 0.5) is 5.69 Å². The van der Waals surface area contributed by atoms with Gasteiger partial charge in [0.25, 0.3) is 5.91 Å². The molecule has 28 heavy (non-hydrogen) atoms. The van der Waals surface area contributed by atoms with Gasteiger partial charge in [-0.15, -0.1) is 5.10 Å². The Morgan fingerprint density at radius 2 is 1.75 bits per heavy atom. The average molecular weight is 394 g/mol. The zero-order valence-corrected chi connectivity index (χ0v) is 15.2. The SMILES string of the molecule is NS(=O)(=O)c1ccc(-c2ccc(/C=N/N=C3\C(=O)Nc4ccccc43)o2)cc1. The summed E-state index contributed by atoms with van der Waals surface area (Å²) in [5.74, 6) is 0.647. The molecule has 0 saturated carbocycles. The number of furan rings is 1. The minimum atomic E-state index is -3.74. The Hall–Kier alpha value is -3.56. The molecule has 2 heterocycles. The molecule has 3 aromatic rings. The Kier molecular flexibility index (Phi) is 4.38. The lowest BCUT2D eigenvalue weighted by Crippen LogP contribution is -2.13. The molecule has 0 unspecified atom stereocenters. The molecule has 1 aromatic heterocycles. The molecule has 0 bridgehead atoms. The van der Waals surface area contributed by atoms with E-state index in [4.69, 9.17) is 9.56 Å². The van der Waals surface area contributed by atoms with E-state index in [0.29, 0.717) is 28.3 Å². The second kappa shape index (κ2) is 6.87. The smallest absolute Gasteiger partial charge is 0.276 e. The van der Waals surface area contributed by atoms with Gasteiger partial charge in [0, 0.05) is 11.1 Å². The van der Waals surface area contributed by atoms with Crippen molar-refractivity contribution in [2.45, 2.75) is 4.90 Å². The Balaban J connectivity index is 1.53. The molecule has 0 fully saturated rings. The van der Waals surface area contributed by atoms with Gasteiger partial charge in [0.05, 0.1) is 16.8 Å². The molecular formula is C19H14N4O4S. The van der Waals surface area contributed by atoms with Crippen molar-refractivity contribution in [1.82, 2.24) is 0 Å². The number of hydrogen-bond donors (Lipinski definition) is 2. The van der Waals surface area contributed by atoms with Gasteiger partial charge in [-0.1, -0.05) is 18.2 Å². The van der Waals surface area contributed by atoms with Crippen LogP contribution in [-0.2, 0) is 14.8 Å². The highest BCUT2D eigenvalue weighted by Gasteiger charge is 2.25. The third kappa shape index (κ3) is 3.48. The van der Waals surface area contributed by atoms with Gasteiger partial charge in [-0.3, -0.25) is 4.79 Å². The Morgan fingerprint density at radius 1 is 1.00 bits per heavy atom. The first-order chi connectivity index (χ1) is 13.4.